The van der Waals surface area contributed by atoms with Crippen molar-refractivity contribution in [3.8, 4) is 50.2 Å². The lowest BCUT2D eigenvalue weighted by molar-refractivity contribution is 0.568. The SMILES string of the molecule is CC(C)(C)c1cc(-c2cc(C(C)(C)C)ccc2N2c3ccc(-c4ccccc4)cc3B3c4ccc(-n5c6ccccc6c6cc7c(cc65)C(c5ccccc5)(c5ccccc5)c5ccccc5-7)cc4N(c4ccc(C(C)(C)C)cc4-c4cc(C(C)(C)C)cc(C(C)(C)C)c4)c4cc(C(C)(C)C)cc2c43)cc(C(C)(C)C)c1. The van der Waals surface area contributed by atoms with Crippen LogP contribution < -0.4 is 26.2 Å². The van der Waals surface area contributed by atoms with Crippen LogP contribution >= 0.6 is 0 Å². The lowest BCUT2D eigenvalue weighted by atomic mass is 9.33. The minimum atomic E-state index is -0.600. The van der Waals surface area contributed by atoms with Crippen LogP contribution in [0.4, 0.5) is 34.1 Å². The molecule has 0 atom stereocenters. The van der Waals surface area contributed by atoms with Crippen molar-refractivity contribution in [2.75, 3.05) is 9.80 Å². The molecule has 111 heavy (non-hydrogen) atoms. The Morgan fingerprint density at radius 1 is 0.243 bits per heavy atom. The van der Waals surface area contributed by atoms with E-state index in [4.69, 9.17) is 0 Å². The highest BCUT2D eigenvalue weighted by molar-refractivity contribution is 7.00. The molecule has 0 saturated heterocycles. The van der Waals surface area contributed by atoms with E-state index in [1.807, 2.05) is 0 Å². The van der Waals surface area contributed by atoms with E-state index in [-0.39, 0.29) is 44.6 Å². The minimum absolute atomic E-state index is 0.107. The van der Waals surface area contributed by atoms with Crippen molar-refractivity contribution in [3.05, 3.63) is 334 Å². The predicted molar refractivity (Wildman–Crippen MR) is 479 cm³/mol. The highest BCUT2D eigenvalue weighted by atomic mass is 15.2. The van der Waals surface area contributed by atoms with Crippen molar-refractivity contribution in [1.82, 2.24) is 4.57 Å². The fourth-order valence-corrected chi connectivity index (χ4v) is 18.2. The van der Waals surface area contributed by atoms with E-state index in [9.17, 15) is 0 Å². The second kappa shape index (κ2) is 25.7. The molecule has 3 heterocycles. The number of fused-ring (bicyclic) bond motifs is 10. The molecule has 13 aromatic carbocycles. The first-order valence-corrected chi connectivity index (χ1v) is 40.5. The Labute approximate surface area is 662 Å². The summed E-state index contributed by atoms with van der Waals surface area (Å²) in [5, 5.41) is 2.45. The largest absolute Gasteiger partial charge is 0.311 e. The molecule has 3 aliphatic rings. The fourth-order valence-electron chi connectivity index (χ4n) is 18.2. The number of hydrogen-bond donors (Lipinski definition) is 0. The number of hydrogen-bond acceptors (Lipinski definition) is 2. The van der Waals surface area contributed by atoms with Crippen LogP contribution in [-0.2, 0) is 43.3 Å². The average Bonchev–Trinajstić information content (AvgIpc) is 1.67. The van der Waals surface area contributed by atoms with Gasteiger partial charge in [0.15, 0.2) is 0 Å². The molecule has 2 aliphatic heterocycles. The topological polar surface area (TPSA) is 11.4 Å². The Kier molecular flexibility index (Phi) is 16.9. The molecule has 0 saturated carbocycles. The van der Waals surface area contributed by atoms with Crippen molar-refractivity contribution in [1.29, 1.82) is 0 Å². The molecule has 1 aliphatic carbocycles. The van der Waals surface area contributed by atoms with Crippen molar-refractivity contribution in [2.45, 2.75) is 189 Å². The van der Waals surface area contributed by atoms with Crippen LogP contribution in [0.2, 0.25) is 0 Å². The summed E-state index contributed by atoms with van der Waals surface area (Å²) in [6, 6.07) is 107. The van der Waals surface area contributed by atoms with Gasteiger partial charge in [0.05, 0.1) is 27.8 Å². The molecule has 3 nitrogen and oxygen atoms in total. The van der Waals surface area contributed by atoms with Gasteiger partial charge < -0.3 is 14.4 Å². The van der Waals surface area contributed by atoms with Gasteiger partial charge in [-0.25, -0.2) is 0 Å². The van der Waals surface area contributed by atoms with Gasteiger partial charge >= 0.3 is 0 Å². The Balaban J connectivity index is 1.02. The van der Waals surface area contributed by atoms with Crippen LogP contribution in [0.25, 0.3) is 72.0 Å². The van der Waals surface area contributed by atoms with Crippen molar-refractivity contribution in [3.63, 3.8) is 0 Å². The van der Waals surface area contributed by atoms with Crippen molar-refractivity contribution in [2.24, 2.45) is 0 Å². The lowest BCUT2D eigenvalue weighted by Crippen LogP contribution is -2.61. The summed E-state index contributed by atoms with van der Waals surface area (Å²) < 4.78 is 2.61. The third-order valence-corrected chi connectivity index (χ3v) is 24.7. The maximum atomic E-state index is 2.75. The second-order valence-corrected chi connectivity index (χ2v) is 39.5. The standard InChI is InChI=1S/C107H108BN3/c1-100(2,3)73-46-51-92(83(60-73)69-53-75(102(7,8)9)58-76(54-69)103(10,11)12)110-94-50-45-68(67-35-25-22-26-36-67)57-90(94)108-89-49-48-80(109-91-44-34-32-42-82(91)86-65-85-81-41-31-33-43-87(81)107(88(85)66-95(86)109,71-37-27-23-28-38-71)72-39-29-24-30-40-72)64-96(89)111(98-63-79(106(19,20)21)62-97(110)99(98)108)93-52-47-74(101(4,5)6)61-84(93)70-55-77(104(13,14)15)59-78(56-70)105(16,17)18/h22-66H,1-21H3. The number of nitrogens with zero attached hydrogens (tertiary/aromatic N) is 3. The Bertz CT molecular complexity index is 5950. The predicted octanol–water partition coefficient (Wildman–Crippen LogP) is 27.3. The summed E-state index contributed by atoms with van der Waals surface area (Å²) in [6.07, 6.45) is 0. The molecule has 0 amide bonds. The zero-order valence-electron chi connectivity index (χ0n) is 69.4. The van der Waals surface area contributed by atoms with Gasteiger partial charge in [0.2, 0.25) is 0 Å². The van der Waals surface area contributed by atoms with E-state index in [0.717, 1.165) is 22.7 Å². The van der Waals surface area contributed by atoms with E-state index in [0.29, 0.717) is 0 Å². The van der Waals surface area contributed by atoms with Gasteiger partial charge in [0.1, 0.15) is 0 Å². The molecular weight excluding hydrogens is 1340 g/mol. The van der Waals surface area contributed by atoms with Gasteiger partial charge in [0.25, 0.3) is 6.71 Å². The Hall–Kier alpha value is -10.7. The minimum Gasteiger partial charge on any atom is -0.311 e. The van der Waals surface area contributed by atoms with Gasteiger partial charge in [0, 0.05) is 50.3 Å². The van der Waals surface area contributed by atoms with E-state index >= 15 is 0 Å². The number of para-hydroxylation sites is 1. The molecule has 0 bridgehead atoms. The number of anilines is 6. The molecule has 4 heteroatoms. The Morgan fingerprint density at radius 3 is 1.19 bits per heavy atom. The third kappa shape index (κ3) is 12.2. The van der Waals surface area contributed by atoms with Gasteiger partial charge in [-0.05, 0) is 222 Å². The van der Waals surface area contributed by atoms with E-state index < -0.39 is 5.41 Å². The molecule has 0 unspecified atom stereocenters. The summed E-state index contributed by atoms with van der Waals surface area (Å²) in [7, 11) is 0. The van der Waals surface area contributed by atoms with Gasteiger partial charge in [-0.2, -0.15) is 0 Å². The molecule has 14 aromatic rings. The van der Waals surface area contributed by atoms with Crippen LogP contribution in [0, 0.1) is 0 Å². The first-order valence-electron chi connectivity index (χ1n) is 40.5. The number of benzene rings is 13. The third-order valence-electron chi connectivity index (χ3n) is 24.7. The fraction of sp³-hybridized carbons (Fsp3) is 0.271. The maximum Gasteiger partial charge on any atom is 0.252 e. The zero-order valence-corrected chi connectivity index (χ0v) is 69.4. The maximum absolute atomic E-state index is 2.75. The van der Waals surface area contributed by atoms with Gasteiger partial charge in [-0.3, -0.25) is 0 Å². The zero-order chi connectivity index (χ0) is 78.2. The highest BCUT2D eigenvalue weighted by Crippen LogP contribution is 2.59. The normalized spacial score (nSPS) is 14.2. The highest BCUT2D eigenvalue weighted by Gasteiger charge is 2.49. The van der Waals surface area contributed by atoms with Crippen molar-refractivity contribution >= 4 is 79.0 Å². The van der Waals surface area contributed by atoms with Crippen LogP contribution in [0.3, 0.4) is 0 Å². The summed E-state index contributed by atoms with van der Waals surface area (Å²) in [5.74, 6) is 0. The van der Waals surface area contributed by atoms with Crippen LogP contribution in [0.15, 0.2) is 273 Å². The summed E-state index contributed by atoms with van der Waals surface area (Å²) in [6.45, 7) is 49.7. The van der Waals surface area contributed by atoms with E-state index in [2.05, 4.69) is 433 Å². The average molecular weight is 1450 g/mol. The number of aromatic nitrogens is 1. The monoisotopic (exact) mass is 1450 g/mol. The van der Waals surface area contributed by atoms with E-state index in [1.165, 1.54) is 161 Å². The molecular formula is C107H108BN3. The van der Waals surface area contributed by atoms with Crippen LogP contribution in [-0.4, -0.2) is 11.3 Å². The van der Waals surface area contributed by atoms with Gasteiger partial charge in [-0.1, -0.05) is 346 Å². The molecule has 0 fully saturated rings. The van der Waals surface area contributed by atoms with E-state index in [1.54, 1.807) is 0 Å². The molecule has 17 rings (SSSR count). The second-order valence-electron chi connectivity index (χ2n) is 39.5. The number of rotatable bonds is 8. The quantitative estimate of drug-likeness (QED) is 0.141. The summed E-state index contributed by atoms with van der Waals surface area (Å²) >= 11 is 0. The lowest BCUT2D eigenvalue weighted by Gasteiger charge is -2.46. The molecule has 0 radical (unpaired) electrons. The molecule has 1 aromatic heterocycles. The van der Waals surface area contributed by atoms with Crippen LogP contribution in [0.1, 0.15) is 207 Å². The molecule has 554 valence electrons. The molecule has 0 spiro atoms. The smallest absolute Gasteiger partial charge is 0.252 e. The van der Waals surface area contributed by atoms with Gasteiger partial charge in [-0.15, -0.1) is 0 Å². The summed E-state index contributed by atoms with van der Waals surface area (Å²) in [4.78, 5) is 5.46. The Morgan fingerprint density at radius 2 is 0.685 bits per heavy atom. The first-order chi connectivity index (χ1) is 52.5. The first kappa shape index (κ1) is 73.1. The summed E-state index contributed by atoms with van der Waals surface area (Å²) in [5.41, 5.74) is 36.7. The van der Waals surface area contributed by atoms with Crippen LogP contribution in [0.5, 0.6) is 0 Å². The van der Waals surface area contributed by atoms with Crippen molar-refractivity contribution < 1.29 is 0 Å². The molecule has 0 N–H and O–H groups in total.